The molecule has 0 saturated heterocycles. The van der Waals surface area contributed by atoms with Crippen LogP contribution in [0.15, 0.2) is 28.7 Å². The van der Waals surface area contributed by atoms with E-state index in [1.54, 1.807) is 18.9 Å². The molecule has 94 valence electrons. The lowest BCUT2D eigenvalue weighted by molar-refractivity contribution is -0.129. The summed E-state index contributed by atoms with van der Waals surface area (Å²) in [7, 11) is 1.77. The summed E-state index contributed by atoms with van der Waals surface area (Å²) in [6, 6.07) is 7.71. The van der Waals surface area contributed by atoms with E-state index in [1.165, 1.54) is 0 Å². The minimum atomic E-state index is -0.367. The molecule has 1 atom stereocenters. The fourth-order valence-electron chi connectivity index (χ4n) is 1.44. The fourth-order valence-corrected chi connectivity index (χ4v) is 1.87. The molecule has 0 radical (unpaired) electrons. The van der Waals surface area contributed by atoms with E-state index in [0.717, 1.165) is 10.0 Å². The number of halogens is 1. The number of benzene rings is 1. The molecule has 17 heavy (non-hydrogen) atoms. The van der Waals surface area contributed by atoms with Gasteiger partial charge in [0.25, 0.3) is 0 Å². The molecule has 1 unspecified atom stereocenters. The first-order chi connectivity index (χ1) is 8.00. The zero-order valence-electron chi connectivity index (χ0n) is 10.2. The smallest absolute Gasteiger partial charge is 0.226 e. The molecule has 1 aromatic carbocycles. The number of amides is 1. The Morgan fingerprint density at radius 1 is 1.47 bits per heavy atom. The van der Waals surface area contributed by atoms with Crippen molar-refractivity contribution in [3.8, 4) is 0 Å². The van der Waals surface area contributed by atoms with E-state index >= 15 is 0 Å². The third-order valence-electron chi connectivity index (χ3n) is 2.61. The normalized spacial score (nSPS) is 12.2. The van der Waals surface area contributed by atoms with Crippen LogP contribution in [-0.2, 0) is 11.2 Å². The van der Waals surface area contributed by atoms with E-state index in [-0.39, 0.29) is 12.0 Å². The second-order valence-corrected chi connectivity index (χ2v) is 5.08. The van der Waals surface area contributed by atoms with Gasteiger partial charge in [0.15, 0.2) is 0 Å². The predicted molar refractivity (Wildman–Crippen MR) is 71.8 cm³/mol. The second kappa shape index (κ2) is 6.77. The predicted octanol–water partition coefficient (Wildman–Crippen LogP) is 2.22. The third-order valence-corrected chi connectivity index (χ3v) is 3.38. The van der Waals surface area contributed by atoms with Crippen LogP contribution in [0.3, 0.4) is 0 Å². The topological polar surface area (TPSA) is 40.5 Å². The number of carbonyl (C=O) groups is 1. The van der Waals surface area contributed by atoms with Gasteiger partial charge in [-0.15, -0.1) is 0 Å². The van der Waals surface area contributed by atoms with Gasteiger partial charge in [-0.25, -0.2) is 0 Å². The zero-order chi connectivity index (χ0) is 12.8. The van der Waals surface area contributed by atoms with Crippen molar-refractivity contribution < 1.29 is 9.90 Å². The molecule has 0 aliphatic rings. The summed E-state index contributed by atoms with van der Waals surface area (Å²) < 4.78 is 0.956. The minimum Gasteiger partial charge on any atom is -0.393 e. The van der Waals surface area contributed by atoms with E-state index in [2.05, 4.69) is 15.9 Å². The number of aliphatic hydroxyl groups excluding tert-OH is 1. The number of rotatable bonds is 5. The molecular formula is C13H18BrNO2. The molecule has 0 spiro atoms. The molecule has 0 bridgehead atoms. The van der Waals surface area contributed by atoms with Gasteiger partial charge in [-0.3, -0.25) is 4.79 Å². The quantitative estimate of drug-likeness (QED) is 0.906. The van der Waals surface area contributed by atoms with E-state index in [9.17, 15) is 9.90 Å². The number of hydrogen-bond acceptors (Lipinski definition) is 2. The summed E-state index contributed by atoms with van der Waals surface area (Å²) in [5.74, 6) is 0.0672. The molecule has 0 aliphatic carbocycles. The molecule has 0 aromatic heterocycles. The van der Waals surface area contributed by atoms with Gasteiger partial charge in [0, 0.05) is 18.1 Å². The lowest BCUT2D eigenvalue weighted by Gasteiger charge is -2.18. The van der Waals surface area contributed by atoms with Crippen LogP contribution in [0.4, 0.5) is 0 Å². The Hall–Kier alpha value is -0.870. The van der Waals surface area contributed by atoms with Gasteiger partial charge < -0.3 is 10.0 Å². The van der Waals surface area contributed by atoms with Gasteiger partial charge >= 0.3 is 0 Å². The molecule has 3 nitrogen and oxygen atoms in total. The Balaban J connectivity index is 2.52. The molecular weight excluding hydrogens is 282 g/mol. The average molecular weight is 300 g/mol. The van der Waals surface area contributed by atoms with Crippen molar-refractivity contribution in [3.63, 3.8) is 0 Å². The monoisotopic (exact) mass is 299 g/mol. The fraction of sp³-hybridized carbons (Fsp3) is 0.462. The number of carbonyl (C=O) groups excluding carboxylic acids is 1. The van der Waals surface area contributed by atoms with Crippen molar-refractivity contribution >= 4 is 21.8 Å². The molecule has 4 heteroatoms. The molecule has 0 aliphatic heterocycles. The SMILES string of the molecule is CC(O)CCN(C)C(=O)Cc1ccccc1Br. The molecule has 1 rings (SSSR count). The third kappa shape index (κ3) is 4.88. The van der Waals surface area contributed by atoms with Gasteiger partial charge in [-0.1, -0.05) is 34.1 Å². The summed E-state index contributed by atoms with van der Waals surface area (Å²) in [6.07, 6.45) is 0.629. The summed E-state index contributed by atoms with van der Waals surface area (Å²) in [4.78, 5) is 13.6. The standard InChI is InChI=1S/C13H18BrNO2/c1-10(16)7-8-15(2)13(17)9-11-5-3-4-6-12(11)14/h3-6,10,16H,7-9H2,1-2H3. The van der Waals surface area contributed by atoms with Gasteiger partial charge in [0.1, 0.15) is 0 Å². The lowest BCUT2D eigenvalue weighted by Crippen LogP contribution is -2.30. The van der Waals surface area contributed by atoms with Crippen LogP contribution < -0.4 is 0 Å². The van der Waals surface area contributed by atoms with Gasteiger partial charge in [-0.2, -0.15) is 0 Å². The number of aliphatic hydroxyl groups is 1. The molecule has 0 fully saturated rings. The van der Waals surface area contributed by atoms with Crippen LogP contribution in [0.25, 0.3) is 0 Å². The highest BCUT2D eigenvalue weighted by atomic mass is 79.9. The van der Waals surface area contributed by atoms with Crippen LogP contribution in [0.1, 0.15) is 18.9 Å². The first-order valence-corrected chi connectivity index (χ1v) is 6.45. The van der Waals surface area contributed by atoms with Crippen molar-refractivity contribution in [2.45, 2.75) is 25.9 Å². The van der Waals surface area contributed by atoms with Crippen molar-refractivity contribution in [3.05, 3.63) is 34.3 Å². The molecule has 0 heterocycles. The molecule has 1 N–H and O–H groups in total. The average Bonchev–Trinajstić information content (AvgIpc) is 2.28. The highest BCUT2D eigenvalue weighted by molar-refractivity contribution is 9.10. The molecule has 1 aromatic rings. The first-order valence-electron chi connectivity index (χ1n) is 5.66. The minimum absolute atomic E-state index is 0.0672. The number of hydrogen-bond donors (Lipinski definition) is 1. The maximum atomic E-state index is 11.9. The lowest BCUT2D eigenvalue weighted by atomic mass is 10.1. The summed E-state index contributed by atoms with van der Waals surface area (Å²) in [5, 5.41) is 9.17. The molecule has 1 amide bonds. The van der Waals surface area contributed by atoms with Crippen molar-refractivity contribution in [1.82, 2.24) is 4.90 Å². The summed E-state index contributed by atoms with van der Waals surface area (Å²) >= 11 is 3.43. The van der Waals surface area contributed by atoms with E-state index in [1.807, 2.05) is 24.3 Å². The van der Waals surface area contributed by atoms with Crippen LogP contribution in [0, 0.1) is 0 Å². The highest BCUT2D eigenvalue weighted by Gasteiger charge is 2.11. The van der Waals surface area contributed by atoms with Gasteiger partial charge in [0.2, 0.25) is 5.91 Å². The summed E-state index contributed by atoms with van der Waals surface area (Å²) in [5.41, 5.74) is 0.987. The van der Waals surface area contributed by atoms with Crippen LogP contribution in [0.2, 0.25) is 0 Å². The maximum Gasteiger partial charge on any atom is 0.226 e. The largest absolute Gasteiger partial charge is 0.393 e. The Labute approximate surface area is 111 Å². The van der Waals surface area contributed by atoms with Gasteiger partial charge in [-0.05, 0) is 25.0 Å². The van der Waals surface area contributed by atoms with Crippen LogP contribution >= 0.6 is 15.9 Å². The Morgan fingerprint density at radius 2 is 2.12 bits per heavy atom. The number of nitrogens with zero attached hydrogens (tertiary/aromatic N) is 1. The number of likely N-dealkylation sites (N-methyl/N-ethyl adjacent to an activating group) is 1. The highest BCUT2D eigenvalue weighted by Crippen LogP contribution is 2.16. The zero-order valence-corrected chi connectivity index (χ0v) is 11.8. The van der Waals surface area contributed by atoms with E-state index in [4.69, 9.17) is 0 Å². The van der Waals surface area contributed by atoms with Crippen molar-refractivity contribution in [2.24, 2.45) is 0 Å². The van der Waals surface area contributed by atoms with Crippen molar-refractivity contribution in [2.75, 3.05) is 13.6 Å². The summed E-state index contributed by atoms with van der Waals surface area (Å²) in [6.45, 7) is 2.31. The Bertz CT molecular complexity index is 379. The van der Waals surface area contributed by atoms with Crippen molar-refractivity contribution in [1.29, 1.82) is 0 Å². The first kappa shape index (κ1) is 14.2. The van der Waals surface area contributed by atoms with E-state index in [0.29, 0.717) is 19.4 Å². The Morgan fingerprint density at radius 3 is 2.71 bits per heavy atom. The maximum absolute atomic E-state index is 11.9. The van der Waals surface area contributed by atoms with Crippen LogP contribution in [-0.4, -0.2) is 35.6 Å². The van der Waals surface area contributed by atoms with Crippen LogP contribution in [0.5, 0.6) is 0 Å². The second-order valence-electron chi connectivity index (χ2n) is 4.22. The van der Waals surface area contributed by atoms with Gasteiger partial charge in [0.05, 0.1) is 12.5 Å². The van der Waals surface area contributed by atoms with E-state index < -0.39 is 0 Å². The Kier molecular flexibility index (Phi) is 5.65. The molecule has 0 saturated carbocycles.